The fourth-order valence-electron chi connectivity index (χ4n) is 3.27. The maximum atomic E-state index is 12.6. The van der Waals surface area contributed by atoms with Crippen LogP contribution in [0.3, 0.4) is 0 Å². The normalized spacial score (nSPS) is 17.3. The Morgan fingerprint density at radius 1 is 1.36 bits per heavy atom. The second-order valence-electron chi connectivity index (χ2n) is 6.14. The third-order valence-electron chi connectivity index (χ3n) is 4.49. The van der Waals surface area contributed by atoms with Crippen LogP contribution in [0, 0.1) is 0 Å². The van der Waals surface area contributed by atoms with Gasteiger partial charge in [0.25, 0.3) is 0 Å². The van der Waals surface area contributed by atoms with E-state index >= 15 is 0 Å². The summed E-state index contributed by atoms with van der Waals surface area (Å²) in [6.07, 6.45) is 4.05. The number of nitrogens with zero attached hydrogens (tertiary/aromatic N) is 3. The molecule has 0 radical (unpaired) electrons. The lowest BCUT2D eigenvalue weighted by atomic mass is 10.1. The highest BCUT2D eigenvalue weighted by molar-refractivity contribution is 7.13. The SMILES string of the molecule is O=C(CCCc1nc(-c2cccs2)no1)N1CCCC1c1ccsc1. The summed E-state index contributed by atoms with van der Waals surface area (Å²) < 4.78 is 5.30. The van der Waals surface area contributed by atoms with E-state index in [9.17, 15) is 4.79 Å². The number of carbonyl (C=O) groups excluding carboxylic acids is 1. The Kier molecular flexibility index (Phi) is 4.94. The molecule has 1 fully saturated rings. The lowest BCUT2D eigenvalue weighted by Crippen LogP contribution is -2.30. The van der Waals surface area contributed by atoms with Crippen molar-refractivity contribution in [3.05, 3.63) is 45.8 Å². The van der Waals surface area contributed by atoms with Crippen LogP contribution in [0.15, 0.2) is 38.9 Å². The maximum absolute atomic E-state index is 12.6. The molecule has 1 saturated heterocycles. The van der Waals surface area contributed by atoms with Crippen molar-refractivity contribution in [1.82, 2.24) is 15.0 Å². The van der Waals surface area contributed by atoms with Gasteiger partial charge in [-0.25, -0.2) is 0 Å². The summed E-state index contributed by atoms with van der Waals surface area (Å²) in [5.41, 5.74) is 1.27. The molecule has 1 unspecified atom stereocenters. The number of likely N-dealkylation sites (tertiary alicyclic amines) is 1. The first kappa shape index (κ1) is 16.5. The largest absolute Gasteiger partial charge is 0.339 e. The van der Waals surface area contributed by atoms with E-state index in [-0.39, 0.29) is 11.9 Å². The van der Waals surface area contributed by atoms with Crippen LogP contribution in [0.1, 0.15) is 43.2 Å². The van der Waals surface area contributed by atoms with Crippen molar-refractivity contribution in [3.8, 4) is 10.7 Å². The number of carbonyl (C=O) groups is 1. The van der Waals surface area contributed by atoms with Gasteiger partial charge in [0.2, 0.25) is 17.6 Å². The monoisotopic (exact) mass is 373 g/mol. The van der Waals surface area contributed by atoms with Gasteiger partial charge in [-0.2, -0.15) is 16.3 Å². The number of hydrogen-bond acceptors (Lipinski definition) is 6. The van der Waals surface area contributed by atoms with E-state index in [4.69, 9.17) is 4.52 Å². The number of aryl methyl sites for hydroxylation is 1. The first-order valence-electron chi connectivity index (χ1n) is 8.49. The van der Waals surface area contributed by atoms with Gasteiger partial charge in [-0.3, -0.25) is 4.79 Å². The van der Waals surface area contributed by atoms with E-state index in [2.05, 4.69) is 27.0 Å². The van der Waals surface area contributed by atoms with E-state index in [1.54, 1.807) is 22.7 Å². The Morgan fingerprint density at radius 3 is 3.12 bits per heavy atom. The molecule has 25 heavy (non-hydrogen) atoms. The number of aromatic nitrogens is 2. The zero-order valence-electron chi connectivity index (χ0n) is 13.8. The first-order chi connectivity index (χ1) is 12.3. The molecule has 3 aromatic heterocycles. The van der Waals surface area contributed by atoms with Crippen LogP contribution in [0.25, 0.3) is 10.7 Å². The first-order valence-corrected chi connectivity index (χ1v) is 10.3. The molecule has 7 heteroatoms. The number of hydrogen-bond donors (Lipinski definition) is 0. The van der Waals surface area contributed by atoms with Crippen molar-refractivity contribution in [2.45, 2.75) is 38.1 Å². The van der Waals surface area contributed by atoms with E-state index in [0.29, 0.717) is 24.6 Å². The van der Waals surface area contributed by atoms with E-state index < -0.39 is 0 Å². The summed E-state index contributed by atoms with van der Waals surface area (Å²) in [7, 11) is 0. The van der Waals surface area contributed by atoms with Crippen LogP contribution in [-0.2, 0) is 11.2 Å². The highest BCUT2D eigenvalue weighted by Crippen LogP contribution is 2.33. The van der Waals surface area contributed by atoms with Crippen molar-refractivity contribution in [2.24, 2.45) is 0 Å². The minimum atomic E-state index is 0.228. The van der Waals surface area contributed by atoms with Crippen LogP contribution in [0.5, 0.6) is 0 Å². The van der Waals surface area contributed by atoms with Crippen molar-refractivity contribution in [1.29, 1.82) is 0 Å². The van der Waals surface area contributed by atoms with Crippen molar-refractivity contribution in [2.75, 3.05) is 6.54 Å². The molecule has 130 valence electrons. The highest BCUT2D eigenvalue weighted by atomic mass is 32.1. The van der Waals surface area contributed by atoms with Gasteiger partial charge in [0.1, 0.15) is 0 Å². The van der Waals surface area contributed by atoms with E-state index in [0.717, 1.165) is 30.7 Å². The van der Waals surface area contributed by atoms with Gasteiger partial charge in [0.15, 0.2) is 0 Å². The molecular formula is C18H19N3O2S2. The Hall–Kier alpha value is -1.99. The third kappa shape index (κ3) is 3.67. The number of rotatable bonds is 6. The lowest BCUT2D eigenvalue weighted by Gasteiger charge is -2.24. The predicted molar refractivity (Wildman–Crippen MR) is 98.6 cm³/mol. The van der Waals surface area contributed by atoms with Gasteiger partial charge in [-0.15, -0.1) is 11.3 Å². The quantitative estimate of drug-likeness (QED) is 0.636. The van der Waals surface area contributed by atoms with Crippen molar-refractivity contribution >= 4 is 28.6 Å². The lowest BCUT2D eigenvalue weighted by molar-refractivity contribution is -0.132. The van der Waals surface area contributed by atoms with E-state index in [1.807, 2.05) is 22.4 Å². The van der Waals surface area contributed by atoms with Crippen LogP contribution in [0.2, 0.25) is 0 Å². The minimum Gasteiger partial charge on any atom is -0.339 e. The Labute approximate surface area is 154 Å². The van der Waals surface area contributed by atoms with Crippen LogP contribution < -0.4 is 0 Å². The van der Waals surface area contributed by atoms with Gasteiger partial charge >= 0.3 is 0 Å². The molecule has 0 N–H and O–H groups in total. The average Bonchev–Trinajstić information content (AvgIpc) is 3.42. The standard InChI is InChI=1S/C18H19N3O2S2/c22-17(21-9-2-4-14(21)13-8-11-24-12-13)7-1-6-16-19-18(20-23-16)15-5-3-10-25-15/h3,5,8,10-12,14H,1-2,4,6-7,9H2. The molecule has 4 heterocycles. The van der Waals surface area contributed by atoms with Crippen molar-refractivity contribution < 1.29 is 9.32 Å². The summed E-state index contributed by atoms with van der Waals surface area (Å²) in [6, 6.07) is 6.33. The summed E-state index contributed by atoms with van der Waals surface area (Å²) in [6.45, 7) is 0.864. The third-order valence-corrected chi connectivity index (χ3v) is 6.06. The summed E-state index contributed by atoms with van der Waals surface area (Å²) in [5.74, 6) is 1.46. The second-order valence-corrected chi connectivity index (χ2v) is 7.87. The van der Waals surface area contributed by atoms with Gasteiger partial charge in [0.05, 0.1) is 10.9 Å². The Bertz CT molecular complexity index is 811. The molecule has 1 aliphatic rings. The molecule has 0 aromatic carbocycles. The molecule has 0 aliphatic carbocycles. The van der Waals surface area contributed by atoms with Gasteiger partial charge in [-0.05, 0) is 53.1 Å². The van der Waals surface area contributed by atoms with Gasteiger partial charge in [0, 0.05) is 19.4 Å². The van der Waals surface area contributed by atoms with Gasteiger partial charge in [-0.1, -0.05) is 11.2 Å². The highest BCUT2D eigenvalue weighted by Gasteiger charge is 2.29. The topological polar surface area (TPSA) is 59.2 Å². The van der Waals surface area contributed by atoms with Gasteiger partial charge < -0.3 is 9.42 Å². The van der Waals surface area contributed by atoms with Crippen LogP contribution in [0.4, 0.5) is 0 Å². The second kappa shape index (κ2) is 7.49. The fraction of sp³-hybridized carbons (Fsp3) is 0.389. The van der Waals surface area contributed by atoms with E-state index in [1.165, 1.54) is 5.56 Å². The zero-order chi connectivity index (χ0) is 17.1. The molecule has 4 rings (SSSR count). The summed E-state index contributed by atoms with van der Waals surface area (Å²) in [5, 5.41) is 10.2. The fourth-order valence-corrected chi connectivity index (χ4v) is 4.63. The number of amides is 1. The molecule has 0 bridgehead atoms. The van der Waals surface area contributed by atoms with Crippen LogP contribution >= 0.6 is 22.7 Å². The predicted octanol–water partition coefficient (Wildman–Crippen LogP) is 4.55. The maximum Gasteiger partial charge on any atom is 0.226 e. The molecular weight excluding hydrogens is 354 g/mol. The molecule has 1 amide bonds. The van der Waals surface area contributed by atoms with Crippen LogP contribution in [-0.4, -0.2) is 27.5 Å². The Morgan fingerprint density at radius 2 is 2.32 bits per heavy atom. The zero-order valence-corrected chi connectivity index (χ0v) is 15.4. The van der Waals surface area contributed by atoms with Crippen molar-refractivity contribution in [3.63, 3.8) is 0 Å². The molecule has 5 nitrogen and oxygen atoms in total. The summed E-state index contributed by atoms with van der Waals surface area (Å²) >= 11 is 3.28. The molecule has 0 spiro atoms. The molecule has 3 aromatic rings. The molecule has 1 aliphatic heterocycles. The smallest absolute Gasteiger partial charge is 0.226 e. The minimum absolute atomic E-state index is 0.228. The molecule has 0 saturated carbocycles. The Balaban J connectivity index is 1.30. The molecule has 1 atom stereocenters. The average molecular weight is 374 g/mol. The summed E-state index contributed by atoms with van der Waals surface area (Å²) in [4.78, 5) is 20.0. The number of thiophene rings is 2.